The third-order valence-electron chi connectivity index (χ3n) is 1.82. The Morgan fingerprint density at radius 2 is 1.18 bits per heavy atom. The molecule has 0 spiro atoms. The summed E-state index contributed by atoms with van der Waals surface area (Å²) >= 11 is 11.2. The van der Waals surface area contributed by atoms with Gasteiger partial charge in [0.1, 0.15) is 0 Å². The summed E-state index contributed by atoms with van der Waals surface area (Å²) in [6.07, 6.45) is 0. The molecular weight excluding hydrogens is 351 g/mol. The molecule has 0 aliphatic heterocycles. The summed E-state index contributed by atoms with van der Waals surface area (Å²) in [7, 11) is 0. The van der Waals surface area contributed by atoms with E-state index in [4.69, 9.17) is 23.2 Å². The molecule has 0 fully saturated rings. The van der Waals surface area contributed by atoms with E-state index in [0.717, 1.165) is 21.2 Å². The largest absolute Gasteiger partial charge is 2.00 e. The molecule has 0 heterocycles. The van der Waals surface area contributed by atoms with Crippen molar-refractivity contribution in [1.29, 1.82) is 0 Å². The van der Waals surface area contributed by atoms with E-state index in [9.17, 15) is 0 Å². The van der Waals surface area contributed by atoms with Crippen molar-refractivity contribution < 1.29 is 27.3 Å². The average Bonchev–Trinajstić information content (AvgIpc) is 2.17. The normalized spacial score (nSPS) is 8.71. The van der Waals surface area contributed by atoms with Gasteiger partial charge in [-0.25, -0.2) is 0 Å². The van der Waals surface area contributed by atoms with Crippen LogP contribution in [0.1, 0.15) is 11.1 Å². The fourth-order valence-electron chi connectivity index (χ4n) is 1.10. The van der Waals surface area contributed by atoms with E-state index in [2.05, 4.69) is 12.1 Å². The van der Waals surface area contributed by atoms with Crippen LogP contribution in [0.5, 0.6) is 0 Å². The zero-order valence-corrected chi connectivity index (χ0v) is 15.5. The minimum atomic E-state index is 0. The summed E-state index contributed by atoms with van der Waals surface area (Å²) < 4.78 is 0. The van der Waals surface area contributed by atoms with Gasteiger partial charge in [0, 0.05) is 0 Å². The minimum Gasteiger partial charge on any atom is -0.181 e. The summed E-state index contributed by atoms with van der Waals surface area (Å²) in [5.41, 5.74) is 2.16. The molecule has 3 heteroatoms. The van der Waals surface area contributed by atoms with Crippen molar-refractivity contribution in [3.8, 4) is 0 Å². The van der Waals surface area contributed by atoms with Gasteiger partial charge in [-0.1, -0.05) is 23.9 Å². The van der Waals surface area contributed by atoms with Gasteiger partial charge in [0.2, 0.25) is 0 Å². The Hall–Kier alpha value is -0.0579. The molecule has 0 N–H and O–H groups in total. The topological polar surface area (TPSA) is 0 Å². The molecular formula is C14H12CdCl2. The molecule has 0 aromatic heterocycles. The zero-order chi connectivity index (χ0) is 12.0. The Bertz CT molecular complexity index is 377. The summed E-state index contributed by atoms with van der Waals surface area (Å²) in [4.78, 5) is 0. The maximum atomic E-state index is 5.62. The molecule has 0 radical (unpaired) electrons. The summed E-state index contributed by atoms with van der Waals surface area (Å²) in [5, 5.41) is 1.56. The molecule has 0 bridgehead atoms. The quantitative estimate of drug-likeness (QED) is 0.461. The van der Waals surface area contributed by atoms with E-state index in [1.807, 2.05) is 50.2 Å². The van der Waals surface area contributed by atoms with Crippen LogP contribution in [0.3, 0.4) is 0 Å². The van der Waals surface area contributed by atoms with Gasteiger partial charge in [-0.15, -0.1) is 35.3 Å². The molecule has 0 amide bonds. The van der Waals surface area contributed by atoms with Gasteiger partial charge in [0.25, 0.3) is 0 Å². The third kappa shape index (κ3) is 7.79. The molecule has 0 unspecified atom stereocenters. The van der Waals surface area contributed by atoms with Crippen molar-refractivity contribution in [1.82, 2.24) is 0 Å². The fourth-order valence-corrected chi connectivity index (χ4v) is 1.55. The predicted octanol–water partition coefficient (Wildman–Crippen LogP) is 4.89. The van der Waals surface area contributed by atoms with Gasteiger partial charge in [-0.05, 0) is 0 Å². The van der Waals surface area contributed by atoms with Crippen LogP contribution in [0.25, 0.3) is 0 Å². The van der Waals surface area contributed by atoms with Crippen LogP contribution in [-0.2, 0) is 27.3 Å². The van der Waals surface area contributed by atoms with Crippen LogP contribution >= 0.6 is 23.2 Å². The SMILES string of the molecule is Cc1[c-]ccc(Cl)c1.Cc1[c-]ccc(Cl)c1.[Cd+2]. The van der Waals surface area contributed by atoms with Gasteiger partial charge < -0.3 is 0 Å². The Kier molecular flexibility index (Phi) is 8.92. The zero-order valence-electron chi connectivity index (χ0n) is 9.93. The number of aryl methyl sites for hydroxylation is 2. The van der Waals surface area contributed by atoms with E-state index in [-0.39, 0.29) is 27.3 Å². The van der Waals surface area contributed by atoms with E-state index in [1.54, 1.807) is 0 Å². The van der Waals surface area contributed by atoms with Crippen LogP contribution in [0, 0.1) is 26.0 Å². The van der Waals surface area contributed by atoms with Gasteiger partial charge >= 0.3 is 27.3 Å². The summed E-state index contributed by atoms with van der Waals surface area (Å²) in [6, 6.07) is 17.0. The van der Waals surface area contributed by atoms with Crippen LogP contribution in [0.15, 0.2) is 36.4 Å². The minimum absolute atomic E-state index is 0. The van der Waals surface area contributed by atoms with E-state index in [0.29, 0.717) is 0 Å². The number of hydrogen-bond acceptors (Lipinski definition) is 0. The molecule has 2 aromatic carbocycles. The Balaban J connectivity index is 0.000000284. The first kappa shape index (κ1) is 16.9. The van der Waals surface area contributed by atoms with Crippen molar-refractivity contribution in [2.24, 2.45) is 0 Å². The Labute approximate surface area is 133 Å². The number of rotatable bonds is 0. The van der Waals surface area contributed by atoms with E-state index in [1.165, 1.54) is 0 Å². The van der Waals surface area contributed by atoms with Crippen molar-refractivity contribution >= 4 is 23.2 Å². The first-order valence-corrected chi connectivity index (χ1v) is 5.61. The first-order valence-electron chi connectivity index (χ1n) is 4.85. The molecule has 17 heavy (non-hydrogen) atoms. The third-order valence-corrected chi connectivity index (χ3v) is 2.29. The molecule has 84 valence electrons. The van der Waals surface area contributed by atoms with Crippen molar-refractivity contribution in [2.45, 2.75) is 13.8 Å². The number of benzene rings is 2. The second-order valence-corrected chi connectivity index (χ2v) is 4.25. The molecule has 0 aliphatic carbocycles. The average molecular weight is 364 g/mol. The first-order chi connectivity index (χ1) is 7.58. The molecule has 0 atom stereocenters. The summed E-state index contributed by atoms with van der Waals surface area (Å²) in [5.74, 6) is 0. The fraction of sp³-hybridized carbons (Fsp3) is 0.143. The smallest absolute Gasteiger partial charge is 0.181 e. The van der Waals surface area contributed by atoms with Crippen molar-refractivity contribution in [3.63, 3.8) is 0 Å². The second kappa shape index (κ2) is 8.95. The maximum Gasteiger partial charge on any atom is 2.00 e. The van der Waals surface area contributed by atoms with Gasteiger partial charge in [0.15, 0.2) is 0 Å². The van der Waals surface area contributed by atoms with Gasteiger partial charge in [-0.2, -0.15) is 47.5 Å². The van der Waals surface area contributed by atoms with Crippen molar-refractivity contribution in [2.75, 3.05) is 0 Å². The maximum absolute atomic E-state index is 5.62. The standard InChI is InChI=1S/2C7H6Cl.Cd/c2*1-6-3-2-4-7(8)5-6;/h2*2,4-5H,1H3;/q2*-1;+2. The van der Waals surface area contributed by atoms with Crippen LogP contribution < -0.4 is 0 Å². The molecule has 0 saturated carbocycles. The van der Waals surface area contributed by atoms with E-state index < -0.39 is 0 Å². The molecule has 2 rings (SSSR count). The Morgan fingerprint density at radius 3 is 1.35 bits per heavy atom. The number of halogens is 2. The predicted molar refractivity (Wildman–Crippen MR) is 70.1 cm³/mol. The molecule has 0 aliphatic rings. The summed E-state index contributed by atoms with van der Waals surface area (Å²) in [6.45, 7) is 3.93. The van der Waals surface area contributed by atoms with Crippen LogP contribution in [0.4, 0.5) is 0 Å². The molecule has 0 nitrogen and oxygen atoms in total. The Morgan fingerprint density at radius 1 is 0.824 bits per heavy atom. The molecule has 2 aromatic rings. The molecule has 0 saturated heterocycles. The van der Waals surface area contributed by atoms with Crippen LogP contribution in [-0.4, -0.2) is 0 Å². The van der Waals surface area contributed by atoms with E-state index >= 15 is 0 Å². The number of hydrogen-bond donors (Lipinski definition) is 0. The van der Waals surface area contributed by atoms with Gasteiger partial charge in [0.05, 0.1) is 0 Å². The monoisotopic (exact) mass is 364 g/mol. The van der Waals surface area contributed by atoms with Gasteiger partial charge in [-0.3, -0.25) is 0 Å². The van der Waals surface area contributed by atoms with Crippen molar-refractivity contribution in [3.05, 3.63) is 69.7 Å². The second-order valence-electron chi connectivity index (χ2n) is 3.38. The van der Waals surface area contributed by atoms with Crippen LogP contribution in [0.2, 0.25) is 10.0 Å².